The van der Waals surface area contributed by atoms with E-state index in [2.05, 4.69) is 19.2 Å². The molecule has 0 amide bonds. The minimum absolute atomic E-state index is 0.636. The Kier molecular flexibility index (Phi) is 7.96. The molecule has 0 saturated heterocycles. The first-order valence-corrected chi connectivity index (χ1v) is 4.50. The van der Waals surface area contributed by atoms with Crippen LogP contribution in [0.2, 0.25) is 0 Å². The van der Waals surface area contributed by atoms with E-state index < -0.39 is 0 Å². The van der Waals surface area contributed by atoms with Gasteiger partial charge in [-0.2, -0.15) is 0 Å². The molecule has 1 unspecified atom stereocenters. The molecular formula is C9H21NO. The van der Waals surface area contributed by atoms with Gasteiger partial charge in [-0.05, 0) is 25.4 Å². The van der Waals surface area contributed by atoms with Gasteiger partial charge in [-0.25, -0.2) is 0 Å². The Bertz CT molecular complexity index is 76.0. The van der Waals surface area contributed by atoms with Crippen LogP contribution in [0.5, 0.6) is 0 Å². The van der Waals surface area contributed by atoms with Crippen LogP contribution in [0.25, 0.3) is 0 Å². The largest absolute Gasteiger partial charge is 0.384 e. The van der Waals surface area contributed by atoms with E-state index in [1.807, 2.05) is 0 Å². The van der Waals surface area contributed by atoms with Crippen LogP contribution >= 0.6 is 0 Å². The minimum Gasteiger partial charge on any atom is -0.384 e. The van der Waals surface area contributed by atoms with Crippen LogP contribution in [0.3, 0.4) is 0 Å². The molecule has 0 aliphatic carbocycles. The molecular weight excluding hydrogens is 138 g/mol. The zero-order valence-electron chi connectivity index (χ0n) is 8.02. The van der Waals surface area contributed by atoms with E-state index in [1.165, 1.54) is 12.8 Å². The summed E-state index contributed by atoms with van der Waals surface area (Å²) >= 11 is 0. The van der Waals surface area contributed by atoms with Gasteiger partial charge < -0.3 is 10.1 Å². The van der Waals surface area contributed by atoms with Crippen LogP contribution in [0.4, 0.5) is 0 Å². The number of methoxy groups -OCH3 is 1. The lowest BCUT2D eigenvalue weighted by molar-refractivity contribution is 0.158. The van der Waals surface area contributed by atoms with Crippen LogP contribution in [0.1, 0.15) is 26.7 Å². The first kappa shape index (κ1) is 10.9. The van der Waals surface area contributed by atoms with E-state index in [1.54, 1.807) is 7.11 Å². The first-order valence-electron chi connectivity index (χ1n) is 4.50. The first-order chi connectivity index (χ1) is 5.31. The van der Waals surface area contributed by atoms with Gasteiger partial charge in [-0.15, -0.1) is 0 Å². The zero-order chi connectivity index (χ0) is 8.53. The predicted molar refractivity (Wildman–Crippen MR) is 48.8 cm³/mol. The molecule has 1 N–H and O–H groups in total. The summed E-state index contributed by atoms with van der Waals surface area (Å²) in [6.45, 7) is 7.49. The van der Waals surface area contributed by atoms with Gasteiger partial charge in [0.1, 0.15) is 0 Å². The molecule has 0 radical (unpaired) electrons. The maximum atomic E-state index is 5.02. The van der Waals surface area contributed by atoms with E-state index in [9.17, 15) is 0 Å². The summed E-state index contributed by atoms with van der Waals surface area (Å²) in [7, 11) is 1.75. The molecule has 0 bridgehead atoms. The SMILES string of the molecule is CCCCNCC(C)COC. The molecule has 68 valence electrons. The Balaban J connectivity index is 2.97. The van der Waals surface area contributed by atoms with Gasteiger partial charge in [-0.1, -0.05) is 20.3 Å². The highest BCUT2D eigenvalue weighted by molar-refractivity contribution is 4.54. The van der Waals surface area contributed by atoms with Gasteiger partial charge in [-0.3, -0.25) is 0 Å². The van der Waals surface area contributed by atoms with Gasteiger partial charge in [0.15, 0.2) is 0 Å². The lowest BCUT2D eigenvalue weighted by Gasteiger charge is -2.10. The summed E-state index contributed by atoms with van der Waals surface area (Å²) in [5.74, 6) is 0.636. The quantitative estimate of drug-likeness (QED) is 0.570. The summed E-state index contributed by atoms with van der Waals surface area (Å²) in [5, 5.41) is 3.39. The highest BCUT2D eigenvalue weighted by atomic mass is 16.5. The van der Waals surface area contributed by atoms with Crippen molar-refractivity contribution in [3.63, 3.8) is 0 Å². The fourth-order valence-electron chi connectivity index (χ4n) is 0.994. The summed E-state index contributed by atoms with van der Waals surface area (Å²) < 4.78 is 5.02. The van der Waals surface area contributed by atoms with E-state index >= 15 is 0 Å². The number of nitrogens with one attached hydrogen (secondary N) is 1. The third-order valence-electron chi connectivity index (χ3n) is 1.65. The number of rotatable bonds is 7. The number of hydrogen-bond acceptors (Lipinski definition) is 2. The van der Waals surface area contributed by atoms with Crippen LogP contribution < -0.4 is 5.32 Å². The van der Waals surface area contributed by atoms with Gasteiger partial charge >= 0.3 is 0 Å². The normalized spacial score (nSPS) is 13.4. The maximum absolute atomic E-state index is 5.02. The second kappa shape index (κ2) is 8.02. The molecule has 0 aromatic carbocycles. The third-order valence-corrected chi connectivity index (χ3v) is 1.65. The molecule has 0 aliphatic rings. The third kappa shape index (κ3) is 7.82. The van der Waals surface area contributed by atoms with Gasteiger partial charge in [0.2, 0.25) is 0 Å². The Morgan fingerprint density at radius 1 is 1.45 bits per heavy atom. The summed E-state index contributed by atoms with van der Waals surface area (Å²) in [6, 6.07) is 0. The molecule has 0 aliphatic heterocycles. The van der Waals surface area contributed by atoms with Crippen LogP contribution in [0, 0.1) is 5.92 Å². The van der Waals surface area contributed by atoms with Crippen LogP contribution in [-0.2, 0) is 4.74 Å². The highest BCUT2D eigenvalue weighted by Gasteiger charge is 1.98. The summed E-state index contributed by atoms with van der Waals surface area (Å²) in [6.07, 6.45) is 2.55. The zero-order valence-corrected chi connectivity index (χ0v) is 8.02. The predicted octanol–water partition coefficient (Wildman–Crippen LogP) is 1.66. The van der Waals surface area contributed by atoms with Crippen molar-refractivity contribution in [2.75, 3.05) is 26.8 Å². The van der Waals surface area contributed by atoms with E-state index in [-0.39, 0.29) is 0 Å². The van der Waals surface area contributed by atoms with Crippen molar-refractivity contribution in [2.24, 2.45) is 5.92 Å². The lowest BCUT2D eigenvalue weighted by Crippen LogP contribution is -2.24. The molecule has 0 aromatic heterocycles. The van der Waals surface area contributed by atoms with Crippen LogP contribution in [0.15, 0.2) is 0 Å². The molecule has 11 heavy (non-hydrogen) atoms. The van der Waals surface area contributed by atoms with E-state index in [4.69, 9.17) is 4.74 Å². The van der Waals surface area contributed by atoms with Crippen molar-refractivity contribution in [1.29, 1.82) is 0 Å². The van der Waals surface area contributed by atoms with Crippen molar-refractivity contribution in [3.05, 3.63) is 0 Å². The van der Waals surface area contributed by atoms with Crippen molar-refractivity contribution in [1.82, 2.24) is 5.32 Å². The van der Waals surface area contributed by atoms with Crippen molar-refractivity contribution >= 4 is 0 Å². The van der Waals surface area contributed by atoms with Gasteiger partial charge in [0.25, 0.3) is 0 Å². The second-order valence-electron chi connectivity index (χ2n) is 3.12. The Labute approximate surface area is 70.3 Å². The molecule has 0 aromatic rings. The highest BCUT2D eigenvalue weighted by Crippen LogP contribution is 1.92. The molecule has 1 atom stereocenters. The van der Waals surface area contributed by atoms with Crippen molar-refractivity contribution in [2.45, 2.75) is 26.7 Å². The molecule has 0 rings (SSSR count). The number of ether oxygens (including phenoxy) is 1. The number of unbranched alkanes of at least 4 members (excludes halogenated alkanes) is 1. The molecule has 0 fully saturated rings. The van der Waals surface area contributed by atoms with E-state index in [0.29, 0.717) is 5.92 Å². The smallest absolute Gasteiger partial charge is 0.0499 e. The van der Waals surface area contributed by atoms with Crippen molar-refractivity contribution in [3.8, 4) is 0 Å². The van der Waals surface area contributed by atoms with E-state index in [0.717, 1.165) is 19.7 Å². The summed E-state index contributed by atoms with van der Waals surface area (Å²) in [4.78, 5) is 0. The second-order valence-corrected chi connectivity index (χ2v) is 3.12. The molecule has 0 spiro atoms. The topological polar surface area (TPSA) is 21.3 Å². The molecule has 2 heteroatoms. The average Bonchev–Trinajstić information content (AvgIpc) is 1.99. The van der Waals surface area contributed by atoms with Crippen molar-refractivity contribution < 1.29 is 4.74 Å². The minimum atomic E-state index is 0.636. The summed E-state index contributed by atoms with van der Waals surface area (Å²) in [5.41, 5.74) is 0. The maximum Gasteiger partial charge on any atom is 0.0499 e. The number of hydrogen-bond donors (Lipinski definition) is 1. The fraction of sp³-hybridized carbons (Fsp3) is 1.00. The Morgan fingerprint density at radius 3 is 2.73 bits per heavy atom. The molecule has 2 nitrogen and oxygen atoms in total. The molecule has 0 saturated carbocycles. The van der Waals surface area contributed by atoms with Crippen LogP contribution in [-0.4, -0.2) is 26.8 Å². The lowest BCUT2D eigenvalue weighted by atomic mass is 10.2. The van der Waals surface area contributed by atoms with Gasteiger partial charge in [0.05, 0.1) is 0 Å². The standard InChI is InChI=1S/C9H21NO/c1-4-5-6-10-7-9(2)8-11-3/h9-10H,4-8H2,1-3H3. The fourth-order valence-corrected chi connectivity index (χ4v) is 0.994. The monoisotopic (exact) mass is 159 g/mol. The average molecular weight is 159 g/mol. The Hall–Kier alpha value is -0.0800. The molecule has 0 heterocycles. The Morgan fingerprint density at radius 2 is 2.18 bits per heavy atom. The van der Waals surface area contributed by atoms with Gasteiger partial charge in [0, 0.05) is 13.7 Å².